The maximum Gasteiger partial charge on any atom is 0 e. The van der Waals surface area contributed by atoms with E-state index in [4.69, 9.17) is 0 Å². The average molecular weight is 799 g/mol. The van der Waals surface area contributed by atoms with E-state index in [9.17, 15) is 0 Å². The number of hydrogen-bond acceptors (Lipinski definition) is 0. The molecule has 0 aromatic heterocycles. The van der Waals surface area contributed by atoms with Crippen molar-refractivity contribution in [2.24, 2.45) is 0 Å². The van der Waals surface area contributed by atoms with E-state index in [0.29, 0.717) is 0 Å². The van der Waals surface area contributed by atoms with Gasteiger partial charge < -0.3 is 0 Å². The van der Waals surface area contributed by atoms with E-state index in [1.165, 1.54) is 98.6 Å². The van der Waals surface area contributed by atoms with Crippen LogP contribution in [0.2, 0.25) is 0 Å². The first-order valence-electron chi connectivity index (χ1n) is 17.8. The molecule has 0 nitrogen and oxygen atoms in total. The molecule has 0 bridgehead atoms. The summed E-state index contributed by atoms with van der Waals surface area (Å²) in [5.74, 6) is 0. The zero-order valence-corrected chi connectivity index (χ0v) is 35.9. The van der Waals surface area contributed by atoms with Crippen molar-refractivity contribution in [2.45, 2.75) is 83.1 Å². The molecule has 0 amide bonds. The van der Waals surface area contributed by atoms with Crippen LogP contribution in [0.1, 0.15) is 66.8 Å². The van der Waals surface area contributed by atoms with Crippen LogP contribution in [0.3, 0.4) is 0 Å². The predicted octanol–water partition coefficient (Wildman–Crippen LogP) is 10.6. The second-order valence-electron chi connectivity index (χ2n) is 14.0. The maximum atomic E-state index is 2.33. The third-order valence-corrected chi connectivity index (χ3v) is 16.7. The van der Waals surface area contributed by atoms with Crippen molar-refractivity contribution >= 4 is 47.7 Å². The van der Waals surface area contributed by atoms with Crippen LogP contribution in [0.4, 0.5) is 0 Å². The van der Waals surface area contributed by atoms with Gasteiger partial charge in [-0.3, -0.25) is 0 Å². The summed E-state index contributed by atoms with van der Waals surface area (Å²) < 4.78 is 0. The molecule has 51 heavy (non-hydrogen) atoms. The second-order valence-corrected chi connectivity index (χ2v) is 18.2. The Morgan fingerprint density at radius 2 is 0.373 bits per heavy atom. The summed E-state index contributed by atoms with van der Waals surface area (Å²) in [5.41, 5.74) is 16.8. The Bertz CT molecular complexity index is 1760. The van der Waals surface area contributed by atoms with Gasteiger partial charge >= 0.3 is 0 Å². The van der Waals surface area contributed by atoms with E-state index >= 15 is 0 Å². The molecule has 0 aliphatic heterocycles. The first-order chi connectivity index (χ1) is 23.8. The smallest absolute Gasteiger partial charge is 0 e. The monoisotopic (exact) mass is 798 g/mol. The Morgan fingerprint density at radius 3 is 0.510 bits per heavy atom. The second kappa shape index (κ2) is 17.6. The van der Waals surface area contributed by atoms with Crippen LogP contribution in [0.25, 0.3) is 0 Å². The first kappa shape index (κ1) is 40.6. The number of benzene rings is 6. The van der Waals surface area contributed by atoms with Crippen LogP contribution >= 0.6 is 15.8 Å². The number of rotatable bonds is 6. The minimum absolute atomic E-state index is 0. The van der Waals surface area contributed by atoms with Crippen molar-refractivity contribution in [1.29, 1.82) is 0 Å². The quantitative estimate of drug-likeness (QED) is 0.116. The molecule has 0 aliphatic rings. The van der Waals surface area contributed by atoms with Crippen molar-refractivity contribution in [1.82, 2.24) is 0 Å². The molecule has 0 saturated carbocycles. The molecule has 0 heterocycles. The molecule has 0 fully saturated rings. The molecule has 0 N–H and O–H groups in total. The Hall–Kier alpha value is -3.16. The Labute approximate surface area is 325 Å². The van der Waals surface area contributed by atoms with E-state index in [1.807, 2.05) is 0 Å². The van der Waals surface area contributed by atoms with Crippen LogP contribution in [0.5, 0.6) is 0 Å². The average Bonchev–Trinajstić information content (AvgIpc) is 3.09. The Kier molecular flexibility index (Phi) is 14.0. The largest absolute Gasteiger partial charge is 0.0613 e. The molecule has 6 aromatic rings. The summed E-state index contributed by atoms with van der Waals surface area (Å²) >= 11 is 0. The van der Waals surface area contributed by atoms with Gasteiger partial charge in [0.05, 0.1) is 0 Å². The molecule has 0 unspecified atom stereocenters. The van der Waals surface area contributed by atoms with Gasteiger partial charge in [0.1, 0.15) is 0 Å². The van der Waals surface area contributed by atoms with E-state index in [2.05, 4.69) is 192 Å². The summed E-state index contributed by atoms with van der Waals surface area (Å²) in [7, 11) is -1.11. The third kappa shape index (κ3) is 8.57. The molecule has 0 atom stereocenters. The minimum Gasteiger partial charge on any atom is -0.0613 e. The summed E-state index contributed by atoms with van der Waals surface area (Å²) in [4.78, 5) is 0. The zero-order chi connectivity index (χ0) is 36.3. The molecule has 0 aliphatic carbocycles. The summed E-state index contributed by atoms with van der Waals surface area (Å²) in [6.45, 7) is 27.0. The fourth-order valence-corrected chi connectivity index (χ4v) is 12.7. The van der Waals surface area contributed by atoms with Gasteiger partial charge in [0.2, 0.25) is 0 Å². The van der Waals surface area contributed by atoms with Gasteiger partial charge in [-0.1, -0.05) is 109 Å². The van der Waals surface area contributed by atoms with E-state index < -0.39 is 15.8 Å². The van der Waals surface area contributed by atoms with Crippen LogP contribution < -0.4 is 31.8 Å². The standard InChI is InChI=1S/2C24H27P.Pd/c2*1-16-10-7-13-22(19(16)4)25(23-14-8-11-17(2)20(23)5)24-15-9-12-18(3)21(24)6;/h2*7-15H,1-6H3;. The van der Waals surface area contributed by atoms with Crippen LogP contribution in [-0.4, -0.2) is 0 Å². The van der Waals surface area contributed by atoms with Crippen molar-refractivity contribution < 1.29 is 20.4 Å². The third-order valence-electron chi connectivity index (χ3n) is 10.9. The SMILES string of the molecule is Cc1cccc(P(c2cccc(C)c2C)c2cccc(C)c2C)c1C.Cc1cccc(P(c2cccc(C)c2C)c2cccc(C)c2C)c1C.[Pd]. The fraction of sp³-hybridized carbons (Fsp3) is 0.250. The van der Waals surface area contributed by atoms with Crippen LogP contribution in [0.15, 0.2) is 109 Å². The van der Waals surface area contributed by atoms with Crippen LogP contribution in [-0.2, 0) is 20.4 Å². The first-order valence-corrected chi connectivity index (χ1v) is 20.5. The summed E-state index contributed by atoms with van der Waals surface area (Å²) in [6.07, 6.45) is 0. The topological polar surface area (TPSA) is 0 Å². The normalized spacial score (nSPS) is 10.9. The summed E-state index contributed by atoms with van der Waals surface area (Å²) in [5, 5.41) is 8.90. The van der Waals surface area contributed by atoms with Crippen molar-refractivity contribution in [3.63, 3.8) is 0 Å². The zero-order valence-electron chi connectivity index (χ0n) is 32.6. The van der Waals surface area contributed by atoms with E-state index in [-0.39, 0.29) is 20.4 Å². The summed E-state index contributed by atoms with van der Waals surface area (Å²) in [6, 6.07) is 40.6. The van der Waals surface area contributed by atoms with Crippen LogP contribution in [0, 0.1) is 83.1 Å². The van der Waals surface area contributed by atoms with Crippen molar-refractivity contribution in [3.8, 4) is 0 Å². The molecule has 0 radical (unpaired) electrons. The Morgan fingerprint density at radius 1 is 0.235 bits per heavy atom. The van der Waals surface area contributed by atoms with Gasteiger partial charge in [0.25, 0.3) is 0 Å². The molecule has 3 heteroatoms. The molecule has 6 aromatic carbocycles. The van der Waals surface area contributed by atoms with Crippen molar-refractivity contribution in [2.75, 3.05) is 0 Å². The molecule has 0 saturated heterocycles. The van der Waals surface area contributed by atoms with Gasteiger partial charge in [-0.25, -0.2) is 0 Å². The van der Waals surface area contributed by atoms with Gasteiger partial charge in [-0.2, -0.15) is 0 Å². The fourth-order valence-electron chi connectivity index (χ4n) is 6.65. The molecule has 266 valence electrons. The van der Waals surface area contributed by atoms with Gasteiger partial charge in [0, 0.05) is 20.4 Å². The maximum absolute atomic E-state index is 2.33. The van der Waals surface area contributed by atoms with Gasteiger partial charge in [0.15, 0.2) is 0 Å². The van der Waals surface area contributed by atoms with E-state index in [0.717, 1.165) is 0 Å². The molecular weight excluding hydrogens is 745 g/mol. The van der Waals surface area contributed by atoms with Crippen molar-refractivity contribution in [3.05, 3.63) is 176 Å². The number of hydrogen-bond donors (Lipinski definition) is 0. The Balaban J connectivity index is 0.000000224. The van der Waals surface area contributed by atoms with Gasteiger partial charge in [-0.05, 0) is 198 Å². The van der Waals surface area contributed by atoms with Gasteiger partial charge in [-0.15, -0.1) is 0 Å². The molecule has 6 rings (SSSR count). The van der Waals surface area contributed by atoms with E-state index in [1.54, 1.807) is 0 Å². The molecular formula is C48H54P2Pd. The molecule has 0 spiro atoms. The predicted molar refractivity (Wildman–Crippen MR) is 227 cm³/mol. The minimum atomic E-state index is -0.557. The number of aryl methyl sites for hydroxylation is 6.